The van der Waals surface area contributed by atoms with Gasteiger partial charge in [-0.2, -0.15) is 0 Å². The van der Waals surface area contributed by atoms with Crippen LogP contribution in [0.5, 0.6) is 5.75 Å². The van der Waals surface area contributed by atoms with E-state index in [1.807, 2.05) is 37.3 Å². The van der Waals surface area contributed by atoms with Crippen LogP contribution in [-0.2, 0) is 4.79 Å². The third-order valence-electron chi connectivity index (χ3n) is 2.62. The number of pyridine rings is 1. The Morgan fingerprint density at radius 2 is 2.05 bits per heavy atom. The van der Waals surface area contributed by atoms with Crippen molar-refractivity contribution in [3.05, 3.63) is 52.6 Å². The van der Waals surface area contributed by atoms with Gasteiger partial charge in [-0.05, 0) is 44.2 Å². The van der Waals surface area contributed by atoms with Gasteiger partial charge in [0.25, 0.3) is 5.91 Å². The number of nitrogens with one attached hydrogen (secondary N) is 1. The van der Waals surface area contributed by atoms with Gasteiger partial charge in [0.2, 0.25) is 0 Å². The summed E-state index contributed by atoms with van der Waals surface area (Å²) in [5, 5.41) is 2.73. The second kappa shape index (κ2) is 6.52. The Morgan fingerprint density at radius 1 is 1.30 bits per heavy atom. The molecule has 0 fully saturated rings. The van der Waals surface area contributed by atoms with Crippen molar-refractivity contribution >= 4 is 27.7 Å². The number of rotatable bonds is 4. The number of hydrogen-bond donors (Lipinski definition) is 1. The predicted molar refractivity (Wildman–Crippen MR) is 81.8 cm³/mol. The van der Waals surface area contributed by atoms with Crippen molar-refractivity contribution in [3.8, 4) is 5.75 Å². The van der Waals surface area contributed by atoms with Gasteiger partial charge < -0.3 is 10.1 Å². The lowest BCUT2D eigenvalue weighted by Gasteiger charge is -2.14. The van der Waals surface area contributed by atoms with E-state index in [0.717, 1.165) is 10.2 Å². The first kappa shape index (κ1) is 14.5. The molecular formula is C15H15BrN2O2. The monoisotopic (exact) mass is 334 g/mol. The lowest BCUT2D eigenvalue weighted by atomic mass is 10.3. The lowest BCUT2D eigenvalue weighted by Crippen LogP contribution is -2.30. The van der Waals surface area contributed by atoms with Crippen LogP contribution in [0, 0.1) is 6.92 Å². The number of amides is 1. The summed E-state index contributed by atoms with van der Waals surface area (Å²) >= 11 is 3.36. The summed E-state index contributed by atoms with van der Waals surface area (Å²) in [6.07, 6.45) is -0.605. The van der Waals surface area contributed by atoms with Crippen LogP contribution in [0.15, 0.2) is 46.9 Å². The Bertz CT molecular complexity index is 616. The SMILES string of the molecule is Cc1cccc(NC(=O)[C@H](C)Oc2cccc(Br)c2)n1. The molecule has 4 nitrogen and oxygen atoms in total. The van der Waals surface area contributed by atoms with Crippen LogP contribution in [-0.4, -0.2) is 17.0 Å². The van der Waals surface area contributed by atoms with Crippen molar-refractivity contribution in [2.45, 2.75) is 20.0 Å². The van der Waals surface area contributed by atoms with E-state index in [4.69, 9.17) is 4.74 Å². The molecule has 1 N–H and O–H groups in total. The Labute approximate surface area is 126 Å². The van der Waals surface area contributed by atoms with Gasteiger partial charge in [0.1, 0.15) is 11.6 Å². The molecule has 1 heterocycles. The molecule has 1 atom stereocenters. The fraction of sp³-hybridized carbons (Fsp3) is 0.200. The zero-order chi connectivity index (χ0) is 14.5. The van der Waals surface area contributed by atoms with Gasteiger partial charge in [-0.15, -0.1) is 0 Å². The number of aromatic nitrogens is 1. The standard InChI is InChI=1S/C15H15BrN2O2/c1-10-5-3-8-14(17-10)18-15(19)11(2)20-13-7-4-6-12(16)9-13/h3-9,11H,1-2H3,(H,17,18,19)/t11-/m0/s1. The van der Waals surface area contributed by atoms with E-state index in [1.165, 1.54) is 0 Å². The number of nitrogens with zero attached hydrogens (tertiary/aromatic N) is 1. The normalized spacial score (nSPS) is 11.8. The maximum Gasteiger partial charge on any atom is 0.266 e. The summed E-state index contributed by atoms with van der Waals surface area (Å²) < 4.78 is 6.50. The van der Waals surface area contributed by atoms with E-state index in [0.29, 0.717) is 11.6 Å². The number of halogens is 1. The molecule has 5 heteroatoms. The van der Waals surface area contributed by atoms with Crippen LogP contribution in [0.25, 0.3) is 0 Å². The molecule has 20 heavy (non-hydrogen) atoms. The van der Waals surface area contributed by atoms with Crippen molar-refractivity contribution in [2.75, 3.05) is 5.32 Å². The average Bonchev–Trinajstić information content (AvgIpc) is 2.38. The van der Waals surface area contributed by atoms with Crippen molar-refractivity contribution in [2.24, 2.45) is 0 Å². The van der Waals surface area contributed by atoms with Crippen LogP contribution in [0.2, 0.25) is 0 Å². The molecule has 0 aliphatic rings. The minimum absolute atomic E-state index is 0.233. The number of ether oxygens (including phenoxy) is 1. The van der Waals surface area contributed by atoms with E-state index < -0.39 is 6.10 Å². The van der Waals surface area contributed by atoms with E-state index in [1.54, 1.807) is 19.1 Å². The van der Waals surface area contributed by atoms with Crippen LogP contribution in [0.3, 0.4) is 0 Å². The highest BCUT2D eigenvalue weighted by Gasteiger charge is 2.15. The van der Waals surface area contributed by atoms with Crippen LogP contribution in [0.4, 0.5) is 5.82 Å². The molecule has 0 radical (unpaired) electrons. The fourth-order valence-electron chi connectivity index (χ4n) is 1.64. The largest absolute Gasteiger partial charge is 0.481 e. The molecule has 0 unspecified atom stereocenters. The van der Waals surface area contributed by atoms with E-state index in [2.05, 4.69) is 26.2 Å². The summed E-state index contributed by atoms with van der Waals surface area (Å²) in [5.74, 6) is 0.932. The van der Waals surface area contributed by atoms with Crippen molar-refractivity contribution < 1.29 is 9.53 Å². The Morgan fingerprint density at radius 3 is 2.75 bits per heavy atom. The smallest absolute Gasteiger partial charge is 0.266 e. The third kappa shape index (κ3) is 4.06. The van der Waals surface area contributed by atoms with Gasteiger partial charge in [0.05, 0.1) is 0 Å². The van der Waals surface area contributed by atoms with Gasteiger partial charge >= 0.3 is 0 Å². The Hall–Kier alpha value is -1.88. The van der Waals surface area contributed by atoms with Gasteiger partial charge in [0.15, 0.2) is 6.10 Å². The molecule has 0 spiro atoms. The highest BCUT2D eigenvalue weighted by atomic mass is 79.9. The van der Waals surface area contributed by atoms with Gasteiger partial charge in [-0.1, -0.05) is 28.1 Å². The van der Waals surface area contributed by atoms with E-state index in [9.17, 15) is 4.79 Å². The van der Waals surface area contributed by atoms with Crippen LogP contribution < -0.4 is 10.1 Å². The quantitative estimate of drug-likeness (QED) is 0.929. The number of anilines is 1. The lowest BCUT2D eigenvalue weighted by molar-refractivity contribution is -0.122. The Balaban J connectivity index is 1.98. The minimum atomic E-state index is -0.605. The molecule has 2 aromatic rings. The molecule has 0 aliphatic carbocycles. The molecule has 104 valence electrons. The van der Waals surface area contributed by atoms with Crippen molar-refractivity contribution in [1.82, 2.24) is 4.98 Å². The summed E-state index contributed by atoms with van der Waals surface area (Å²) in [4.78, 5) is 16.2. The van der Waals surface area contributed by atoms with Crippen molar-refractivity contribution in [3.63, 3.8) is 0 Å². The van der Waals surface area contributed by atoms with Crippen molar-refractivity contribution in [1.29, 1.82) is 0 Å². The molecule has 1 aromatic carbocycles. The molecule has 0 saturated heterocycles. The molecule has 0 bridgehead atoms. The number of aryl methyl sites for hydroxylation is 1. The zero-order valence-corrected chi connectivity index (χ0v) is 12.8. The Kier molecular flexibility index (Phi) is 4.74. The molecule has 1 amide bonds. The molecular weight excluding hydrogens is 320 g/mol. The number of carbonyl (C=O) groups is 1. The second-order valence-corrected chi connectivity index (χ2v) is 5.29. The number of hydrogen-bond acceptors (Lipinski definition) is 3. The van der Waals surface area contributed by atoms with Gasteiger partial charge in [0, 0.05) is 10.2 Å². The first-order valence-corrected chi connectivity index (χ1v) is 7.00. The van der Waals surface area contributed by atoms with Gasteiger partial charge in [-0.25, -0.2) is 4.98 Å². The average molecular weight is 335 g/mol. The van der Waals surface area contributed by atoms with Gasteiger partial charge in [-0.3, -0.25) is 4.79 Å². The topological polar surface area (TPSA) is 51.2 Å². The van der Waals surface area contributed by atoms with E-state index in [-0.39, 0.29) is 5.91 Å². The summed E-state index contributed by atoms with van der Waals surface area (Å²) in [6, 6.07) is 12.8. The maximum atomic E-state index is 12.0. The highest BCUT2D eigenvalue weighted by Crippen LogP contribution is 2.19. The number of carbonyl (C=O) groups excluding carboxylic acids is 1. The summed E-state index contributed by atoms with van der Waals surface area (Å²) in [5.41, 5.74) is 0.850. The molecule has 2 rings (SSSR count). The highest BCUT2D eigenvalue weighted by molar-refractivity contribution is 9.10. The molecule has 0 saturated carbocycles. The predicted octanol–water partition coefficient (Wildman–Crippen LogP) is 3.56. The zero-order valence-electron chi connectivity index (χ0n) is 11.3. The second-order valence-electron chi connectivity index (χ2n) is 4.37. The first-order chi connectivity index (χ1) is 9.54. The van der Waals surface area contributed by atoms with E-state index >= 15 is 0 Å². The number of benzene rings is 1. The third-order valence-corrected chi connectivity index (χ3v) is 3.11. The summed E-state index contributed by atoms with van der Waals surface area (Å²) in [6.45, 7) is 3.57. The van der Waals surface area contributed by atoms with Crippen LogP contribution in [0.1, 0.15) is 12.6 Å². The first-order valence-electron chi connectivity index (χ1n) is 6.21. The fourth-order valence-corrected chi connectivity index (χ4v) is 2.02. The van der Waals surface area contributed by atoms with Crippen LogP contribution >= 0.6 is 15.9 Å². The summed E-state index contributed by atoms with van der Waals surface area (Å²) in [7, 11) is 0. The minimum Gasteiger partial charge on any atom is -0.481 e. The maximum absolute atomic E-state index is 12.0. The molecule has 0 aliphatic heterocycles. The molecule has 1 aromatic heterocycles.